The first-order valence-corrected chi connectivity index (χ1v) is 26.9. The lowest BCUT2D eigenvalue weighted by atomic mass is 9.49. The molecule has 6 amide bonds. The SMILES string of the molecule is CC1(C)C(NC(=O)c2ccc(OCCOCCOCCOCCOCCOCCOCCOc3cc(Cl)cc(NC(=O)NCc4ccc5c(c4)CN(C4CCC(=O)NC4=O)C5=O)c3)cc2)C(C)(C)C1Oc1ccc(C#N)c(Cl)c1. The first-order valence-electron chi connectivity index (χ1n) is 26.1. The van der Waals surface area contributed by atoms with Crippen LogP contribution in [0.4, 0.5) is 10.5 Å². The molecule has 0 bridgehead atoms. The Morgan fingerprint density at radius 3 is 1.84 bits per heavy atom. The number of rotatable bonds is 31. The highest BCUT2D eigenvalue weighted by molar-refractivity contribution is 6.32. The number of anilines is 1. The van der Waals surface area contributed by atoms with Crippen molar-refractivity contribution in [3.63, 3.8) is 0 Å². The van der Waals surface area contributed by atoms with Gasteiger partial charge in [0.1, 0.15) is 48.7 Å². The van der Waals surface area contributed by atoms with E-state index in [9.17, 15) is 29.2 Å². The van der Waals surface area contributed by atoms with Crippen LogP contribution in [0, 0.1) is 22.2 Å². The molecule has 1 saturated heterocycles. The lowest BCUT2D eigenvalue weighted by Gasteiger charge is -2.63. The maximum absolute atomic E-state index is 13.3. The number of piperidine rings is 1. The topological polar surface area (TPSA) is 244 Å². The fourth-order valence-corrected chi connectivity index (χ4v) is 10.4. The normalized spacial score (nSPS) is 18.0. The van der Waals surface area contributed by atoms with Crippen molar-refractivity contribution >= 4 is 58.5 Å². The fraction of sp³-hybridized carbons (Fsp3) is 0.474. The number of carbonyl (C=O) groups excluding carboxylic acids is 5. The Bertz CT molecular complexity index is 2780. The zero-order valence-corrected chi connectivity index (χ0v) is 46.3. The number of urea groups is 1. The average Bonchev–Trinajstić information content (AvgIpc) is 3.93. The minimum Gasteiger partial charge on any atom is -0.491 e. The van der Waals surface area contributed by atoms with E-state index < -0.39 is 18.0 Å². The quantitative estimate of drug-likeness (QED) is 0.0290. The lowest BCUT2D eigenvalue weighted by Crippen LogP contribution is -2.74. The van der Waals surface area contributed by atoms with Gasteiger partial charge >= 0.3 is 6.03 Å². The van der Waals surface area contributed by atoms with Crippen molar-refractivity contribution in [1.29, 1.82) is 5.26 Å². The number of hydrogen-bond acceptors (Lipinski definition) is 15. The molecule has 3 aliphatic rings. The Kier molecular flexibility index (Phi) is 22.1. The largest absolute Gasteiger partial charge is 0.491 e. The van der Waals surface area contributed by atoms with Crippen molar-refractivity contribution in [3.8, 4) is 23.3 Å². The summed E-state index contributed by atoms with van der Waals surface area (Å²) in [6.07, 6.45) is 0.256. The van der Waals surface area contributed by atoms with E-state index in [1.807, 2.05) is 6.07 Å². The molecule has 79 heavy (non-hydrogen) atoms. The minimum atomic E-state index is -0.700. The predicted molar refractivity (Wildman–Crippen MR) is 292 cm³/mol. The van der Waals surface area contributed by atoms with Crippen molar-refractivity contribution in [3.05, 3.63) is 117 Å². The molecule has 1 unspecified atom stereocenters. The van der Waals surface area contributed by atoms with Crippen LogP contribution >= 0.6 is 23.2 Å². The van der Waals surface area contributed by atoms with E-state index in [1.54, 1.807) is 72.8 Å². The Morgan fingerprint density at radius 1 is 0.696 bits per heavy atom. The molecule has 1 saturated carbocycles. The van der Waals surface area contributed by atoms with Crippen LogP contribution in [0.25, 0.3) is 0 Å². The Balaban J connectivity index is 0.629. The molecule has 1 aliphatic carbocycles. The number of carbonyl (C=O) groups is 5. The highest BCUT2D eigenvalue weighted by Crippen LogP contribution is 2.55. The molecule has 4 aromatic rings. The van der Waals surface area contributed by atoms with Crippen LogP contribution in [-0.4, -0.2) is 145 Å². The molecule has 7 rings (SSSR count). The first kappa shape index (κ1) is 60.1. The van der Waals surface area contributed by atoms with E-state index in [0.717, 1.165) is 11.1 Å². The predicted octanol–water partition coefficient (Wildman–Crippen LogP) is 7.12. The summed E-state index contributed by atoms with van der Waals surface area (Å²) in [6.45, 7) is 14.0. The Morgan fingerprint density at radius 2 is 1.27 bits per heavy atom. The van der Waals surface area contributed by atoms with Crippen LogP contribution in [0.3, 0.4) is 0 Å². The molecule has 20 nitrogen and oxygen atoms in total. The van der Waals surface area contributed by atoms with Crippen molar-refractivity contribution in [2.45, 2.75) is 71.8 Å². The molecule has 22 heteroatoms. The third-order valence-electron chi connectivity index (χ3n) is 13.6. The van der Waals surface area contributed by atoms with Crippen LogP contribution in [0.2, 0.25) is 10.0 Å². The molecule has 0 radical (unpaired) electrons. The number of nitrogens with zero attached hydrogens (tertiary/aromatic N) is 2. The first-order chi connectivity index (χ1) is 38.0. The summed E-state index contributed by atoms with van der Waals surface area (Å²) in [7, 11) is 0. The number of nitrogens with one attached hydrogen (secondary N) is 4. The molecule has 424 valence electrons. The Labute approximate surface area is 469 Å². The fourth-order valence-electron chi connectivity index (χ4n) is 9.96. The zero-order chi connectivity index (χ0) is 56.4. The summed E-state index contributed by atoms with van der Waals surface area (Å²) in [5, 5.41) is 21.0. The van der Waals surface area contributed by atoms with Gasteiger partial charge in [0.25, 0.3) is 11.8 Å². The molecule has 2 aliphatic heterocycles. The minimum absolute atomic E-state index is 0.159. The van der Waals surface area contributed by atoms with E-state index in [1.165, 1.54) is 4.90 Å². The van der Waals surface area contributed by atoms with Crippen molar-refractivity contribution < 1.29 is 66.6 Å². The zero-order valence-electron chi connectivity index (χ0n) is 44.8. The molecule has 4 N–H and O–H groups in total. The number of ether oxygens (including phenoxy) is 9. The number of benzene rings is 4. The molecule has 0 spiro atoms. The molecule has 0 aromatic heterocycles. The van der Waals surface area contributed by atoms with Crippen molar-refractivity contribution in [1.82, 2.24) is 20.9 Å². The number of fused-ring (bicyclic) bond motifs is 1. The van der Waals surface area contributed by atoms with Crippen LogP contribution in [0.5, 0.6) is 17.2 Å². The second-order valence-corrected chi connectivity index (χ2v) is 20.9. The molecular weight excluding hydrogens is 1060 g/mol. The summed E-state index contributed by atoms with van der Waals surface area (Å²) < 4.78 is 51.4. The highest BCUT2D eigenvalue weighted by Gasteiger charge is 2.64. The van der Waals surface area contributed by atoms with E-state index in [2.05, 4.69) is 55.0 Å². The molecule has 2 heterocycles. The van der Waals surface area contributed by atoms with Gasteiger partial charge in [-0.1, -0.05) is 63.0 Å². The third kappa shape index (κ3) is 17.0. The maximum atomic E-state index is 13.3. The number of imide groups is 1. The van der Waals surface area contributed by atoms with E-state index in [-0.39, 0.29) is 73.2 Å². The summed E-state index contributed by atoms with van der Waals surface area (Å²) in [5.41, 5.74) is 2.58. The van der Waals surface area contributed by atoms with Gasteiger partial charge in [0.2, 0.25) is 11.8 Å². The maximum Gasteiger partial charge on any atom is 0.319 e. The molecular formula is C57H68Cl2N6O14. The van der Waals surface area contributed by atoms with Gasteiger partial charge in [0.05, 0.1) is 89.9 Å². The number of amides is 6. The van der Waals surface area contributed by atoms with Gasteiger partial charge in [0, 0.05) is 70.4 Å². The summed E-state index contributed by atoms with van der Waals surface area (Å²) in [6, 6.07) is 22.9. The summed E-state index contributed by atoms with van der Waals surface area (Å²) in [5.74, 6) is 0.395. The molecule has 2 fully saturated rings. The second-order valence-electron chi connectivity index (χ2n) is 20.1. The van der Waals surface area contributed by atoms with Gasteiger partial charge in [0.15, 0.2) is 0 Å². The number of nitriles is 1. The van der Waals surface area contributed by atoms with Crippen LogP contribution in [0.15, 0.2) is 78.9 Å². The average molecular weight is 1130 g/mol. The third-order valence-corrected chi connectivity index (χ3v) is 14.1. The number of hydrogen-bond donors (Lipinski definition) is 4. The van der Waals surface area contributed by atoms with Gasteiger partial charge < -0.3 is 63.5 Å². The smallest absolute Gasteiger partial charge is 0.319 e. The van der Waals surface area contributed by atoms with Gasteiger partial charge in [-0.3, -0.25) is 24.5 Å². The van der Waals surface area contributed by atoms with Gasteiger partial charge in [-0.25, -0.2) is 4.79 Å². The van der Waals surface area contributed by atoms with E-state index >= 15 is 0 Å². The highest BCUT2D eigenvalue weighted by atomic mass is 35.5. The van der Waals surface area contributed by atoms with E-state index in [4.69, 9.17) is 65.8 Å². The van der Waals surface area contributed by atoms with E-state index in [0.29, 0.717) is 136 Å². The standard InChI is InChI=1S/C57H68Cl2N6O14/c1-56(2)53(57(3,4)54(56)79-44-11-8-39(34-60)47(59)33-44)64-50(67)38-6-9-43(10-7-38)77-27-25-75-23-21-73-19-17-71-15-16-72-18-20-74-22-24-76-26-28-78-45-31-41(58)30-42(32-45)62-55(70)61-35-37-5-12-46-40(29-37)36-65(52(46)69)48-13-14-49(66)63-51(48)68/h5-12,29-33,48,53-54H,13-28,35-36H2,1-4H3,(H,64,67)(H2,61,62,70)(H,63,66,68). The van der Waals surface area contributed by atoms with Crippen LogP contribution in [-0.2, 0) is 51.1 Å². The molecule has 1 atom stereocenters. The summed E-state index contributed by atoms with van der Waals surface area (Å²) >= 11 is 12.5. The molecule has 4 aromatic carbocycles. The van der Waals surface area contributed by atoms with Gasteiger partial charge in [-0.15, -0.1) is 0 Å². The van der Waals surface area contributed by atoms with Gasteiger partial charge in [-0.05, 0) is 72.1 Å². The monoisotopic (exact) mass is 1130 g/mol. The van der Waals surface area contributed by atoms with Crippen LogP contribution < -0.4 is 35.5 Å². The Hall–Kier alpha value is -6.54. The van der Waals surface area contributed by atoms with Crippen molar-refractivity contribution in [2.75, 3.05) is 97.8 Å². The van der Waals surface area contributed by atoms with Gasteiger partial charge in [-0.2, -0.15) is 5.26 Å². The second kappa shape index (κ2) is 29.1. The summed E-state index contributed by atoms with van der Waals surface area (Å²) in [4.78, 5) is 64.4. The van der Waals surface area contributed by atoms with Crippen molar-refractivity contribution in [2.24, 2.45) is 10.8 Å². The van der Waals surface area contributed by atoms with Crippen LogP contribution in [0.1, 0.15) is 77.9 Å². The lowest BCUT2D eigenvalue weighted by molar-refractivity contribution is -0.164. The number of halogens is 2.